The van der Waals surface area contributed by atoms with Gasteiger partial charge < -0.3 is 0 Å². The highest BCUT2D eigenvalue weighted by Crippen LogP contribution is 2.43. The van der Waals surface area contributed by atoms with Crippen molar-refractivity contribution in [1.29, 1.82) is 0 Å². The molecule has 14 nitrogen and oxygen atoms in total. The molecule has 0 spiro atoms. The Labute approximate surface area is 291 Å². The van der Waals surface area contributed by atoms with Crippen LogP contribution in [0.1, 0.15) is 70.7 Å². The third-order valence-electron chi connectivity index (χ3n) is 11.0. The molecule has 0 aliphatic carbocycles. The average Bonchev–Trinajstić information content (AvgIpc) is 3.94. The van der Waals surface area contributed by atoms with Gasteiger partial charge in [-0.2, -0.15) is 30.4 Å². The molecule has 18 aliphatic rings. The number of hydrogen-bond donors (Lipinski definition) is 0. The van der Waals surface area contributed by atoms with E-state index in [1.54, 1.807) is 0 Å². The first-order chi connectivity index (χ1) is 24.7. The predicted molar refractivity (Wildman–Crippen MR) is 175 cm³/mol. The monoisotopic (exact) mass is 682 g/mol. The van der Waals surface area contributed by atoms with Crippen molar-refractivity contribution in [2.75, 3.05) is 78.5 Å². The first kappa shape index (κ1) is 30.7. The van der Waals surface area contributed by atoms with E-state index in [9.17, 15) is 0 Å². The molecule has 0 N–H and O–H groups in total. The molecule has 6 fully saturated rings. The van der Waals surface area contributed by atoms with Crippen LogP contribution in [0.25, 0.3) is 0 Å². The highest BCUT2D eigenvalue weighted by molar-refractivity contribution is 5.29. The van der Waals surface area contributed by atoms with Crippen LogP contribution in [0.15, 0.2) is 72.8 Å². The van der Waals surface area contributed by atoms with Crippen LogP contribution in [0.2, 0.25) is 0 Å². The van der Waals surface area contributed by atoms with Gasteiger partial charge >= 0.3 is 0 Å². The molecule has 50 heavy (non-hydrogen) atoms. The van der Waals surface area contributed by atoms with E-state index in [4.69, 9.17) is 29.0 Å². The molecule has 3 aromatic rings. The van der Waals surface area contributed by atoms with Crippen molar-refractivity contribution < 1.29 is 29.0 Å². The molecule has 0 saturated carbocycles. The fourth-order valence-electron chi connectivity index (χ4n) is 7.58. The lowest BCUT2D eigenvalue weighted by atomic mass is 10.1. The van der Waals surface area contributed by atoms with Crippen molar-refractivity contribution in [2.24, 2.45) is 0 Å². The lowest BCUT2D eigenvalue weighted by Crippen LogP contribution is -2.36. The fourth-order valence-corrected chi connectivity index (χ4v) is 7.58. The summed E-state index contributed by atoms with van der Waals surface area (Å²) in [5.74, 6) is 0. The van der Waals surface area contributed by atoms with Gasteiger partial charge in [0.15, 0.2) is 37.4 Å². The zero-order valence-electron chi connectivity index (χ0n) is 27.9. The SMILES string of the molecule is c1cc2ccc1C1ON1CCN1CCN3OC3c3ccc(cc3)C3ON3CCN(CCN3OC23)CCN2OC2c2ccc(cc2)C2ON2CC1. The van der Waals surface area contributed by atoms with E-state index < -0.39 is 0 Å². The largest absolute Gasteiger partial charge is 0.299 e. The molecule has 3 aromatic carbocycles. The van der Waals surface area contributed by atoms with Crippen molar-refractivity contribution in [2.45, 2.75) is 37.4 Å². The van der Waals surface area contributed by atoms with E-state index in [1.807, 2.05) is 0 Å². The summed E-state index contributed by atoms with van der Waals surface area (Å²) in [5.41, 5.74) is 7.03. The van der Waals surface area contributed by atoms with Gasteiger partial charge in [0, 0.05) is 78.5 Å². The quantitative estimate of drug-likeness (QED) is 0.325. The molecular formula is C36H42N8O6. The summed E-state index contributed by atoms with van der Waals surface area (Å²) in [6.07, 6.45) is -0.0272. The van der Waals surface area contributed by atoms with E-state index >= 15 is 0 Å². The van der Waals surface area contributed by atoms with Gasteiger partial charge in [-0.25, -0.2) is 0 Å². The van der Waals surface area contributed by atoms with E-state index in [2.05, 4.69) is 113 Å². The fraction of sp³-hybridized carbons (Fsp3) is 0.500. The number of hydroxylamine groups is 12. The Bertz CT molecular complexity index is 1380. The van der Waals surface area contributed by atoms with Crippen LogP contribution in [-0.4, -0.2) is 119 Å². The van der Waals surface area contributed by atoms with E-state index in [0.29, 0.717) is 0 Å². The van der Waals surface area contributed by atoms with E-state index in [-0.39, 0.29) is 37.4 Å². The van der Waals surface area contributed by atoms with Gasteiger partial charge in [-0.3, -0.25) is 38.8 Å². The summed E-state index contributed by atoms with van der Waals surface area (Å²) in [5, 5.41) is 12.5. The van der Waals surface area contributed by atoms with Crippen molar-refractivity contribution in [3.8, 4) is 0 Å². The molecular weight excluding hydrogens is 640 g/mol. The van der Waals surface area contributed by atoms with Crippen molar-refractivity contribution in [3.05, 3.63) is 106 Å². The first-order valence-corrected chi connectivity index (χ1v) is 18.0. The Morgan fingerprint density at radius 2 is 0.420 bits per heavy atom. The molecule has 12 unspecified atom stereocenters. The van der Waals surface area contributed by atoms with Crippen LogP contribution in [0.5, 0.6) is 0 Å². The average molecular weight is 683 g/mol. The summed E-state index contributed by atoms with van der Waals surface area (Å²) >= 11 is 0. The predicted octanol–water partition coefficient (Wildman–Crippen LogP) is 3.19. The molecule has 21 rings (SSSR count). The molecule has 262 valence electrons. The third-order valence-corrected chi connectivity index (χ3v) is 11.0. The van der Waals surface area contributed by atoms with Gasteiger partial charge in [-0.15, -0.1) is 0 Å². The van der Waals surface area contributed by atoms with Crippen molar-refractivity contribution in [3.63, 3.8) is 0 Å². The summed E-state index contributed by atoms with van der Waals surface area (Å²) in [7, 11) is 0. The Morgan fingerprint density at radius 1 is 0.260 bits per heavy atom. The zero-order valence-corrected chi connectivity index (χ0v) is 27.9. The van der Waals surface area contributed by atoms with E-state index in [1.165, 1.54) is 33.4 Å². The van der Waals surface area contributed by atoms with Gasteiger partial charge in [0.1, 0.15) is 0 Å². The van der Waals surface area contributed by atoms with Crippen LogP contribution in [0, 0.1) is 0 Å². The Kier molecular flexibility index (Phi) is 7.59. The van der Waals surface area contributed by atoms with Crippen LogP contribution in [0.4, 0.5) is 0 Å². The van der Waals surface area contributed by atoms with Gasteiger partial charge in [0.2, 0.25) is 0 Å². The minimum absolute atomic E-state index is 0.00453. The highest BCUT2D eigenvalue weighted by Gasteiger charge is 2.44. The third kappa shape index (κ3) is 6.40. The van der Waals surface area contributed by atoms with E-state index in [0.717, 1.165) is 78.5 Å². The van der Waals surface area contributed by atoms with Gasteiger partial charge in [-0.1, -0.05) is 72.8 Å². The Balaban J connectivity index is 0.860. The second kappa shape index (κ2) is 12.4. The lowest BCUT2D eigenvalue weighted by molar-refractivity contribution is 0.125. The maximum Gasteiger partial charge on any atom is 0.180 e. The van der Waals surface area contributed by atoms with Crippen LogP contribution in [0.3, 0.4) is 0 Å². The van der Waals surface area contributed by atoms with Crippen LogP contribution >= 0.6 is 0 Å². The summed E-state index contributed by atoms with van der Waals surface area (Å²) < 4.78 is 0. The lowest BCUT2D eigenvalue weighted by Gasteiger charge is -2.22. The molecule has 0 aromatic heterocycles. The number of hydrogen-bond acceptors (Lipinski definition) is 14. The minimum Gasteiger partial charge on any atom is -0.299 e. The number of benzene rings is 3. The molecule has 12 atom stereocenters. The number of nitrogens with zero attached hydrogens (tertiary/aromatic N) is 8. The maximum atomic E-state index is 6.04. The summed E-state index contributed by atoms with van der Waals surface area (Å²) in [4.78, 5) is 41.2. The summed E-state index contributed by atoms with van der Waals surface area (Å²) in [6, 6.07) is 26.1. The van der Waals surface area contributed by atoms with Gasteiger partial charge in [0.25, 0.3) is 0 Å². The molecule has 18 heterocycles. The normalized spacial score (nSPS) is 43.0. The summed E-state index contributed by atoms with van der Waals surface area (Å²) in [6.45, 7) is 10.2. The molecule has 18 aliphatic heterocycles. The molecule has 8 bridgehead atoms. The molecule has 14 heteroatoms. The molecule has 6 saturated heterocycles. The smallest absolute Gasteiger partial charge is 0.180 e. The standard InChI is InChI=1S/C36H42N8O6/c1-2-26-4-3-25(1)31-39(45-31)19-13-37-15-21-41-33(47-41)27-5-9-29(10-6-27)35-43(49-35)23-17-38(14-20-40-32(26)46-40)18-24-44-36(50-44)30-11-7-28(8-12-30)34-42(48-34)22-16-37/h1-12,31-36H,13-24H2. The van der Waals surface area contributed by atoms with Gasteiger partial charge in [0.05, 0.1) is 0 Å². The highest BCUT2D eigenvalue weighted by atomic mass is 16.9. The second-order valence-corrected chi connectivity index (χ2v) is 14.3. The van der Waals surface area contributed by atoms with Crippen LogP contribution < -0.4 is 0 Å². The molecule has 0 amide bonds. The topological polar surface area (TPSA) is 99.7 Å². The van der Waals surface area contributed by atoms with Gasteiger partial charge in [-0.05, 0) is 33.4 Å². The van der Waals surface area contributed by atoms with Crippen molar-refractivity contribution in [1.82, 2.24) is 40.2 Å². The number of rotatable bonds is 0. The zero-order chi connectivity index (χ0) is 32.8. The minimum atomic E-state index is -0.00453. The Hall–Kier alpha value is -2.90. The Morgan fingerprint density at radius 3 is 0.580 bits per heavy atom. The van der Waals surface area contributed by atoms with Crippen LogP contribution in [-0.2, 0) is 29.0 Å². The molecule has 0 radical (unpaired) electrons. The van der Waals surface area contributed by atoms with Crippen molar-refractivity contribution >= 4 is 0 Å². The second-order valence-electron chi connectivity index (χ2n) is 14.3. The maximum absolute atomic E-state index is 6.04. The first-order valence-electron chi connectivity index (χ1n) is 18.0.